The van der Waals surface area contributed by atoms with Crippen molar-refractivity contribution in [1.29, 1.82) is 0 Å². The van der Waals surface area contributed by atoms with E-state index in [0.29, 0.717) is 13.0 Å². The summed E-state index contributed by atoms with van der Waals surface area (Å²) in [6.07, 6.45) is 2.54. The second-order valence-corrected chi connectivity index (χ2v) is 7.92. The van der Waals surface area contributed by atoms with Gasteiger partial charge < -0.3 is 10.0 Å². The predicted octanol–water partition coefficient (Wildman–Crippen LogP) is 0.124. The van der Waals surface area contributed by atoms with E-state index in [0.717, 1.165) is 12.8 Å². The first-order valence-electron chi connectivity index (χ1n) is 7.31. The maximum absolute atomic E-state index is 12.3. The lowest BCUT2D eigenvalue weighted by molar-refractivity contribution is -0.143. The first-order valence-corrected chi connectivity index (χ1v) is 8.92. The van der Waals surface area contributed by atoms with Crippen LogP contribution in [-0.2, 0) is 19.6 Å². The summed E-state index contributed by atoms with van der Waals surface area (Å²) in [5.74, 6) is -1.52. The predicted molar refractivity (Wildman–Crippen MR) is 76.1 cm³/mol. The quantitative estimate of drug-likeness (QED) is 0.719. The van der Waals surface area contributed by atoms with E-state index >= 15 is 0 Å². The number of carbonyl (C=O) groups is 2. The minimum absolute atomic E-state index is 0.127. The molecule has 21 heavy (non-hydrogen) atoms. The number of hydrogen-bond donors (Lipinski definition) is 1. The summed E-state index contributed by atoms with van der Waals surface area (Å²) in [5.41, 5.74) is 0. The average molecular weight is 318 g/mol. The van der Waals surface area contributed by atoms with Gasteiger partial charge in [0.05, 0.1) is 11.7 Å². The Morgan fingerprint density at radius 1 is 1.38 bits per heavy atom. The molecule has 7 nitrogen and oxygen atoms in total. The van der Waals surface area contributed by atoms with Gasteiger partial charge in [-0.25, -0.2) is 12.7 Å². The molecule has 0 bridgehead atoms. The van der Waals surface area contributed by atoms with Crippen LogP contribution in [-0.4, -0.2) is 66.0 Å². The fraction of sp³-hybridized carbons (Fsp3) is 0.846. The molecule has 1 amide bonds. The fourth-order valence-electron chi connectivity index (χ4n) is 2.52. The highest BCUT2D eigenvalue weighted by Gasteiger charge is 2.35. The van der Waals surface area contributed by atoms with E-state index in [-0.39, 0.29) is 37.2 Å². The molecule has 0 radical (unpaired) electrons. The molecular weight excluding hydrogens is 296 g/mol. The number of amides is 1. The molecular formula is C13H22N2O5S. The van der Waals surface area contributed by atoms with Gasteiger partial charge >= 0.3 is 5.97 Å². The lowest BCUT2D eigenvalue weighted by Gasteiger charge is -2.25. The highest BCUT2D eigenvalue weighted by molar-refractivity contribution is 7.89. The van der Waals surface area contributed by atoms with E-state index in [1.165, 1.54) is 4.31 Å². The lowest BCUT2D eigenvalue weighted by atomic mass is 10.1. The SMILES string of the molecule is CC(CN(C(=O)CCN1CCCS1(=O)=O)C1CC1)C(=O)O. The Labute approximate surface area is 125 Å². The molecule has 0 spiro atoms. The molecule has 1 aliphatic heterocycles. The third-order valence-electron chi connectivity index (χ3n) is 3.98. The van der Waals surface area contributed by atoms with Crippen LogP contribution in [0.4, 0.5) is 0 Å². The summed E-state index contributed by atoms with van der Waals surface area (Å²) in [7, 11) is -3.18. The van der Waals surface area contributed by atoms with Gasteiger partial charge in [0.25, 0.3) is 0 Å². The van der Waals surface area contributed by atoms with E-state index in [2.05, 4.69) is 0 Å². The highest BCUT2D eigenvalue weighted by atomic mass is 32.2. The van der Waals surface area contributed by atoms with Crippen LogP contribution in [0.5, 0.6) is 0 Å². The van der Waals surface area contributed by atoms with Crippen molar-refractivity contribution in [2.45, 2.75) is 38.6 Å². The number of carboxylic acid groups (broad SMARTS) is 1. The summed E-state index contributed by atoms with van der Waals surface area (Å²) in [5, 5.41) is 8.96. The van der Waals surface area contributed by atoms with E-state index in [4.69, 9.17) is 5.11 Å². The Bertz CT molecular complexity index is 515. The Kier molecular flexibility index (Phi) is 4.88. The van der Waals surface area contributed by atoms with Crippen LogP contribution in [0.3, 0.4) is 0 Å². The van der Waals surface area contributed by atoms with Gasteiger partial charge in [-0.05, 0) is 19.3 Å². The van der Waals surface area contributed by atoms with Crippen LogP contribution >= 0.6 is 0 Å². The van der Waals surface area contributed by atoms with Crippen LogP contribution in [0, 0.1) is 5.92 Å². The van der Waals surface area contributed by atoms with Crippen molar-refractivity contribution in [3.05, 3.63) is 0 Å². The molecule has 0 aromatic rings. The zero-order valence-corrected chi connectivity index (χ0v) is 13.0. The normalized spacial score (nSPS) is 22.9. The Morgan fingerprint density at radius 3 is 2.52 bits per heavy atom. The third-order valence-corrected chi connectivity index (χ3v) is 5.93. The summed E-state index contributed by atoms with van der Waals surface area (Å²) in [6, 6.07) is 0.134. The highest BCUT2D eigenvalue weighted by Crippen LogP contribution is 2.28. The third kappa shape index (κ3) is 4.16. The number of carboxylic acids is 1. The van der Waals surface area contributed by atoms with Gasteiger partial charge in [0.2, 0.25) is 15.9 Å². The summed E-state index contributed by atoms with van der Waals surface area (Å²) < 4.78 is 24.7. The van der Waals surface area contributed by atoms with Gasteiger partial charge in [0, 0.05) is 32.1 Å². The zero-order chi connectivity index (χ0) is 15.6. The molecule has 2 rings (SSSR count). The number of aliphatic carboxylic acids is 1. The van der Waals surface area contributed by atoms with Crippen molar-refractivity contribution in [1.82, 2.24) is 9.21 Å². The van der Waals surface area contributed by atoms with Crippen molar-refractivity contribution in [2.75, 3.05) is 25.4 Å². The standard InChI is InChI=1S/C13H22N2O5S/c1-10(13(17)18)9-15(11-3-4-11)12(16)5-7-14-6-2-8-21(14,19)20/h10-11H,2-9H2,1H3,(H,17,18). The second kappa shape index (κ2) is 6.31. The van der Waals surface area contributed by atoms with Gasteiger partial charge in [-0.2, -0.15) is 0 Å². The van der Waals surface area contributed by atoms with Crippen LogP contribution in [0.1, 0.15) is 32.6 Å². The van der Waals surface area contributed by atoms with Crippen LogP contribution < -0.4 is 0 Å². The van der Waals surface area contributed by atoms with Crippen molar-refractivity contribution in [3.8, 4) is 0 Å². The first-order chi connectivity index (χ1) is 9.81. The van der Waals surface area contributed by atoms with Crippen LogP contribution in [0.15, 0.2) is 0 Å². The number of carbonyl (C=O) groups excluding carboxylic acids is 1. The minimum Gasteiger partial charge on any atom is -0.481 e. The largest absolute Gasteiger partial charge is 0.481 e. The molecule has 0 aromatic heterocycles. The molecule has 1 unspecified atom stereocenters. The van der Waals surface area contributed by atoms with E-state index < -0.39 is 21.9 Å². The number of rotatable bonds is 7. The average Bonchev–Trinajstić information content (AvgIpc) is 3.17. The Balaban J connectivity index is 1.89. The molecule has 1 saturated carbocycles. The molecule has 1 saturated heterocycles. The number of sulfonamides is 1. The van der Waals surface area contributed by atoms with Gasteiger partial charge in [0.15, 0.2) is 0 Å². The Hall–Kier alpha value is -1.15. The Morgan fingerprint density at radius 2 is 2.05 bits per heavy atom. The molecule has 2 aliphatic rings. The zero-order valence-electron chi connectivity index (χ0n) is 12.2. The smallest absolute Gasteiger partial charge is 0.308 e. The van der Waals surface area contributed by atoms with E-state index in [1.54, 1.807) is 11.8 Å². The maximum atomic E-state index is 12.3. The van der Waals surface area contributed by atoms with E-state index in [1.807, 2.05) is 0 Å². The first kappa shape index (κ1) is 16.2. The summed E-state index contributed by atoms with van der Waals surface area (Å²) in [4.78, 5) is 24.8. The van der Waals surface area contributed by atoms with Crippen molar-refractivity contribution in [3.63, 3.8) is 0 Å². The summed E-state index contributed by atoms with van der Waals surface area (Å²) in [6.45, 7) is 2.46. The molecule has 2 fully saturated rings. The van der Waals surface area contributed by atoms with Gasteiger partial charge in [-0.15, -0.1) is 0 Å². The van der Waals surface area contributed by atoms with E-state index in [9.17, 15) is 18.0 Å². The molecule has 8 heteroatoms. The molecule has 120 valence electrons. The number of hydrogen-bond acceptors (Lipinski definition) is 4. The van der Waals surface area contributed by atoms with Crippen LogP contribution in [0.2, 0.25) is 0 Å². The maximum Gasteiger partial charge on any atom is 0.308 e. The van der Waals surface area contributed by atoms with Gasteiger partial charge in [0.1, 0.15) is 0 Å². The van der Waals surface area contributed by atoms with Gasteiger partial charge in [-0.1, -0.05) is 6.92 Å². The van der Waals surface area contributed by atoms with Crippen molar-refractivity contribution >= 4 is 21.9 Å². The summed E-state index contributed by atoms with van der Waals surface area (Å²) >= 11 is 0. The second-order valence-electron chi connectivity index (χ2n) is 5.84. The minimum atomic E-state index is -3.18. The fourth-order valence-corrected chi connectivity index (χ4v) is 4.05. The molecule has 1 heterocycles. The topological polar surface area (TPSA) is 95.0 Å². The lowest BCUT2D eigenvalue weighted by Crippen LogP contribution is -2.40. The van der Waals surface area contributed by atoms with Crippen molar-refractivity contribution in [2.24, 2.45) is 5.92 Å². The monoisotopic (exact) mass is 318 g/mol. The van der Waals surface area contributed by atoms with Gasteiger partial charge in [-0.3, -0.25) is 9.59 Å². The molecule has 0 aromatic carbocycles. The number of nitrogens with zero attached hydrogens (tertiary/aromatic N) is 2. The molecule has 1 atom stereocenters. The molecule has 1 N–H and O–H groups in total. The molecule has 1 aliphatic carbocycles. The van der Waals surface area contributed by atoms with Crippen molar-refractivity contribution < 1.29 is 23.1 Å². The van der Waals surface area contributed by atoms with Crippen LogP contribution in [0.25, 0.3) is 0 Å².